The molecule has 75 heavy (non-hydrogen) atoms. The lowest BCUT2D eigenvalue weighted by atomic mass is 9.70. The van der Waals surface area contributed by atoms with Gasteiger partial charge in [0, 0.05) is 34.1 Å². The van der Waals surface area contributed by atoms with Crippen molar-refractivity contribution in [1.29, 1.82) is 0 Å². The molecule has 14 rings (SSSR count). The Morgan fingerprint density at radius 2 is 0.600 bits per heavy atom. The zero-order chi connectivity index (χ0) is 49.7. The Morgan fingerprint density at radius 1 is 0.267 bits per heavy atom. The van der Waals surface area contributed by atoms with Crippen LogP contribution >= 0.6 is 0 Å². The lowest BCUT2D eigenvalue weighted by Gasteiger charge is -2.33. The Balaban J connectivity index is 0.919. The normalized spacial score (nSPS) is 13.4. The fourth-order valence-corrected chi connectivity index (χ4v) is 12.3. The predicted molar refractivity (Wildman–Crippen MR) is 315 cm³/mol. The number of para-hydroxylation sites is 1. The summed E-state index contributed by atoms with van der Waals surface area (Å²) < 4.78 is 0. The molecule has 0 aromatic heterocycles. The molecule has 0 saturated carbocycles. The van der Waals surface area contributed by atoms with E-state index in [0.717, 1.165) is 47.0 Å². The fraction of sp³-hybridized carbons (Fsp3) is 0.0411. The number of rotatable bonds is 10. The van der Waals surface area contributed by atoms with Crippen LogP contribution < -0.4 is 9.80 Å². The second kappa shape index (κ2) is 18.5. The highest BCUT2D eigenvalue weighted by Crippen LogP contribution is 2.64. The summed E-state index contributed by atoms with van der Waals surface area (Å²) in [6, 6.07) is 101. The summed E-state index contributed by atoms with van der Waals surface area (Å²) in [7, 11) is 0. The van der Waals surface area contributed by atoms with Crippen molar-refractivity contribution in [2.45, 2.75) is 18.3 Å². The Morgan fingerprint density at radius 3 is 1.03 bits per heavy atom. The molecular weight excluding hydrogens is 905 g/mol. The van der Waals surface area contributed by atoms with E-state index in [1.807, 2.05) is 0 Å². The van der Waals surface area contributed by atoms with Crippen LogP contribution in [0.15, 0.2) is 291 Å². The summed E-state index contributed by atoms with van der Waals surface area (Å²) >= 11 is 0. The molecule has 2 nitrogen and oxygen atoms in total. The summed E-state index contributed by atoms with van der Waals surface area (Å²) in [5.74, 6) is 0. The smallest absolute Gasteiger partial charge is 0.0727 e. The number of benzene rings is 11. The first-order valence-corrected chi connectivity index (χ1v) is 26.2. The number of allylic oxidation sites excluding steroid dienone is 4. The molecule has 0 bridgehead atoms. The van der Waals surface area contributed by atoms with Gasteiger partial charge in [-0.15, -0.1) is 0 Å². The van der Waals surface area contributed by atoms with Crippen LogP contribution in [-0.2, 0) is 5.41 Å². The van der Waals surface area contributed by atoms with Crippen molar-refractivity contribution in [1.82, 2.24) is 0 Å². The van der Waals surface area contributed by atoms with E-state index in [-0.39, 0.29) is 0 Å². The second-order valence-corrected chi connectivity index (χ2v) is 19.9. The molecule has 0 unspecified atom stereocenters. The van der Waals surface area contributed by atoms with E-state index in [4.69, 9.17) is 0 Å². The minimum Gasteiger partial charge on any atom is -0.310 e. The highest BCUT2D eigenvalue weighted by Gasteiger charge is 2.52. The number of hydrogen-bond donors (Lipinski definition) is 0. The Kier molecular flexibility index (Phi) is 10.9. The standard InChI is InChI=1S/C73H52N2/c1-5-17-51(18-6-1)54-29-31-55(32-30-54)58-37-43-60(44-38-58)74(59-23-11-4-12-24-59)63-45-47-67-68-48-46-64(50-72(68)73(71(67)49-63)69-27-15-13-25-65(69)66-26-14-16-28-70(66)73)75(61-39-33-56(34-40-61)52-19-7-2-8-20-52)62-41-35-57(36-42-62)53-21-9-3-10-22-53/h1-5,7-17,19-50H,6,18H2. The van der Waals surface area contributed by atoms with E-state index in [1.54, 1.807) is 0 Å². The highest BCUT2D eigenvalue weighted by atomic mass is 15.1. The average molecular weight is 957 g/mol. The van der Waals surface area contributed by atoms with Crippen molar-refractivity contribution in [3.05, 3.63) is 319 Å². The molecule has 354 valence electrons. The maximum Gasteiger partial charge on any atom is 0.0727 e. The first-order valence-electron chi connectivity index (χ1n) is 26.2. The number of nitrogens with zero attached hydrogens (tertiary/aromatic N) is 2. The lowest BCUT2D eigenvalue weighted by Crippen LogP contribution is -2.26. The van der Waals surface area contributed by atoms with E-state index < -0.39 is 5.41 Å². The summed E-state index contributed by atoms with van der Waals surface area (Å²) in [4.78, 5) is 4.85. The van der Waals surface area contributed by atoms with Gasteiger partial charge in [-0.2, -0.15) is 0 Å². The van der Waals surface area contributed by atoms with Crippen molar-refractivity contribution >= 4 is 39.7 Å². The molecule has 0 N–H and O–H groups in total. The van der Waals surface area contributed by atoms with Gasteiger partial charge in [0.2, 0.25) is 0 Å². The van der Waals surface area contributed by atoms with Crippen LogP contribution in [0.3, 0.4) is 0 Å². The molecular formula is C73H52N2. The van der Waals surface area contributed by atoms with Gasteiger partial charge in [-0.1, -0.05) is 218 Å². The van der Waals surface area contributed by atoms with Crippen LogP contribution in [0.4, 0.5) is 34.1 Å². The molecule has 11 aromatic carbocycles. The van der Waals surface area contributed by atoms with Crippen molar-refractivity contribution in [2.24, 2.45) is 0 Å². The fourth-order valence-electron chi connectivity index (χ4n) is 12.3. The number of fused-ring (bicyclic) bond motifs is 10. The molecule has 0 saturated heterocycles. The van der Waals surface area contributed by atoms with Crippen LogP contribution in [0.2, 0.25) is 0 Å². The summed E-state index contributed by atoms with van der Waals surface area (Å²) in [5, 5.41) is 0. The van der Waals surface area contributed by atoms with E-state index in [0.29, 0.717) is 0 Å². The SMILES string of the molecule is C1=CCCC(c2ccc(-c3ccc(N(c4ccccc4)c4ccc5c(c4)C4(c6ccccc6-c6ccccc64)c4cc(N(c6ccc(-c7ccccc7)cc6)c6ccc(-c7ccccc7)cc6)ccc4-5)cc3)cc2)=C1. The van der Waals surface area contributed by atoms with Gasteiger partial charge < -0.3 is 9.80 Å². The average Bonchev–Trinajstić information content (AvgIpc) is 3.98. The Bertz CT molecular complexity index is 3820. The third kappa shape index (κ3) is 7.56. The van der Waals surface area contributed by atoms with Gasteiger partial charge in [-0.25, -0.2) is 0 Å². The minimum atomic E-state index is -0.591. The van der Waals surface area contributed by atoms with Gasteiger partial charge in [0.25, 0.3) is 0 Å². The maximum absolute atomic E-state index is 2.49. The van der Waals surface area contributed by atoms with Crippen LogP contribution in [0.25, 0.3) is 61.2 Å². The Labute approximate surface area is 440 Å². The van der Waals surface area contributed by atoms with Crippen LogP contribution in [0.5, 0.6) is 0 Å². The molecule has 2 heteroatoms. The zero-order valence-electron chi connectivity index (χ0n) is 41.5. The summed E-state index contributed by atoms with van der Waals surface area (Å²) in [5.41, 5.74) is 26.2. The monoisotopic (exact) mass is 956 g/mol. The first kappa shape index (κ1) is 44.2. The van der Waals surface area contributed by atoms with Gasteiger partial charge in [-0.05, 0) is 175 Å². The first-order chi connectivity index (χ1) is 37.2. The topological polar surface area (TPSA) is 6.48 Å². The third-order valence-electron chi connectivity index (χ3n) is 15.8. The molecule has 11 aromatic rings. The molecule has 1 spiro atoms. The molecule has 0 atom stereocenters. The minimum absolute atomic E-state index is 0.591. The third-order valence-corrected chi connectivity index (χ3v) is 15.8. The van der Waals surface area contributed by atoms with Crippen molar-refractivity contribution in [3.63, 3.8) is 0 Å². The van der Waals surface area contributed by atoms with Gasteiger partial charge in [-0.3, -0.25) is 0 Å². The summed E-state index contributed by atoms with van der Waals surface area (Å²) in [6.45, 7) is 0. The van der Waals surface area contributed by atoms with Crippen LogP contribution in [0.1, 0.15) is 40.7 Å². The summed E-state index contributed by atoms with van der Waals surface area (Å²) in [6.07, 6.45) is 8.86. The van der Waals surface area contributed by atoms with Gasteiger partial charge in [0.15, 0.2) is 0 Å². The molecule has 0 heterocycles. The second-order valence-electron chi connectivity index (χ2n) is 19.9. The van der Waals surface area contributed by atoms with E-state index >= 15 is 0 Å². The van der Waals surface area contributed by atoms with Gasteiger partial charge in [0.05, 0.1) is 5.41 Å². The van der Waals surface area contributed by atoms with Crippen molar-refractivity contribution in [2.75, 3.05) is 9.80 Å². The van der Waals surface area contributed by atoms with Crippen molar-refractivity contribution in [3.8, 4) is 55.6 Å². The Hall–Kier alpha value is -9.50. The molecule has 3 aliphatic rings. The molecule has 0 amide bonds. The van der Waals surface area contributed by atoms with E-state index in [9.17, 15) is 0 Å². The molecule has 0 aliphatic heterocycles. The van der Waals surface area contributed by atoms with E-state index in [1.165, 1.54) is 89.0 Å². The maximum atomic E-state index is 2.49. The van der Waals surface area contributed by atoms with Crippen LogP contribution in [-0.4, -0.2) is 0 Å². The lowest BCUT2D eigenvalue weighted by molar-refractivity contribution is 0.793. The van der Waals surface area contributed by atoms with Crippen LogP contribution in [0, 0.1) is 0 Å². The quantitative estimate of drug-likeness (QED) is 0.135. The van der Waals surface area contributed by atoms with Gasteiger partial charge >= 0.3 is 0 Å². The van der Waals surface area contributed by atoms with Gasteiger partial charge in [0.1, 0.15) is 0 Å². The van der Waals surface area contributed by atoms with E-state index in [2.05, 4.69) is 301 Å². The predicted octanol–water partition coefficient (Wildman–Crippen LogP) is 19.7. The molecule has 0 radical (unpaired) electrons. The molecule has 0 fully saturated rings. The number of anilines is 6. The number of hydrogen-bond acceptors (Lipinski definition) is 2. The molecule has 3 aliphatic carbocycles. The van der Waals surface area contributed by atoms with Crippen molar-refractivity contribution < 1.29 is 0 Å². The highest BCUT2D eigenvalue weighted by molar-refractivity contribution is 5.98. The largest absolute Gasteiger partial charge is 0.310 e. The zero-order valence-corrected chi connectivity index (χ0v) is 41.5.